The van der Waals surface area contributed by atoms with Gasteiger partial charge >= 0.3 is 0 Å². The van der Waals surface area contributed by atoms with Crippen molar-refractivity contribution < 1.29 is 4.74 Å². The molecule has 23 heavy (non-hydrogen) atoms. The normalized spacial score (nSPS) is 10.6. The predicted molar refractivity (Wildman–Crippen MR) is 91.7 cm³/mol. The quantitative estimate of drug-likeness (QED) is 0.774. The van der Waals surface area contributed by atoms with Gasteiger partial charge in [-0.25, -0.2) is 4.98 Å². The lowest BCUT2D eigenvalue weighted by atomic mass is 9.99. The Morgan fingerprint density at radius 3 is 1.96 bits per heavy atom. The van der Waals surface area contributed by atoms with Crippen LogP contribution in [-0.2, 0) is 0 Å². The molecule has 0 saturated heterocycles. The van der Waals surface area contributed by atoms with E-state index in [1.807, 2.05) is 49.4 Å². The first kappa shape index (κ1) is 15.0. The average Bonchev–Trinajstić information content (AvgIpc) is 2.60. The Labute approximate surface area is 136 Å². The SMILES string of the molecule is COc1cc(NC(c2ccccc2)c2ccccc2)nc(C)n1. The molecule has 1 N–H and O–H groups in total. The van der Waals surface area contributed by atoms with Crippen LogP contribution in [0.5, 0.6) is 5.88 Å². The molecule has 116 valence electrons. The van der Waals surface area contributed by atoms with Gasteiger partial charge in [-0.2, -0.15) is 4.98 Å². The Morgan fingerprint density at radius 1 is 0.870 bits per heavy atom. The van der Waals surface area contributed by atoms with Crippen LogP contribution >= 0.6 is 0 Å². The van der Waals surface area contributed by atoms with E-state index >= 15 is 0 Å². The van der Waals surface area contributed by atoms with Gasteiger partial charge in [0.2, 0.25) is 5.88 Å². The summed E-state index contributed by atoms with van der Waals surface area (Å²) in [4.78, 5) is 8.70. The first-order valence-electron chi connectivity index (χ1n) is 7.52. The van der Waals surface area contributed by atoms with E-state index < -0.39 is 0 Å². The third kappa shape index (κ3) is 3.66. The number of ether oxygens (including phenoxy) is 1. The lowest BCUT2D eigenvalue weighted by molar-refractivity contribution is 0.396. The molecule has 4 nitrogen and oxygen atoms in total. The van der Waals surface area contributed by atoms with Crippen molar-refractivity contribution in [3.05, 3.63) is 83.7 Å². The minimum atomic E-state index is 0.0106. The number of nitrogens with one attached hydrogen (secondary N) is 1. The molecule has 0 atom stereocenters. The summed E-state index contributed by atoms with van der Waals surface area (Å²) in [5.74, 6) is 1.97. The Kier molecular flexibility index (Phi) is 4.52. The van der Waals surface area contributed by atoms with Gasteiger partial charge in [0.1, 0.15) is 11.6 Å². The van der Waals surface area contributed by atoms with Crippen LogP contribution < -0.4 is 10.1 Å². The first-order chi connectivity index (χ1) is 11.3. The fourth-order valence-electron chi connectivity index (χ4n) is 2.52. The van der Waals surface area contributed by atoms with Gasteiger partial charge in [0.15, 0.2) is 0 Å². The summed E-state index contributed by atoms with van der Waals surface area (Å²) >= 11 is 0. The summed E-state index contributed by atoms with van der Waals surface area (Å²) in [7, 11) is 1.61. The molecule has 0 spiro atoms. The van der Waals surface area contributed by atoms with Gasteiger partial charge in [0, 0.05) is 6.07 Å². The number of hydrogen-bond acceptors (Lipinski definition) is 4. The molecule has 1 heterocycles. The van der Waals surface area contributed by atoms with Crippen LogP contribution in [0.2, 0.25) is 0 Å². The van der Waals surface area contributed by atoms with Crippen LogP contribution in [0.15, 0.2) is 66.7 Å². The minimum Gasteiger partial charge on any atom is -0.481 e. The highest BCUT2D eigenvalue weighted by Gasteiger charge is 2.15. The molecule has 0 aliphatic rings. The number of anilines is 1. The van der Waals surface area contributed by atoms with Gasteiger partial charge < -0.3 is 10.1 Å². The van der Waals surface area contributed by atoms with E-state index in [1.165, 1.54) is 11.1 Å². The molecule has 3 rings (SSSR count). The zero-order chi connectivity index (χ0) is 16.1. The van der Waals surface area contributed by atoms with Crippen molar-refractivity contribution >= 4 is 5.82 Å². The van der Waals surface area contributed by atoms with Crippen LogP contribution in [0, 0.1) is 6.92 Å². The maximum absolute atomic E-state index is 5.24. The van der Waals surface area contributed by atoms with Gasteiger partial charge in [-0.15, -0.1) is 0 Å². The molecule has 4 heteroatoms. The molecule has 0 bridgehead atoms. The monoisotopic (exact) mass is 305 g/mol. The van der Waals surface area contributed by atoms with Crippen molar-refractivity contribution in [2.24, 2.45) is 0 Å². The standard InChI is InChI=1S/C19H19N3O/c1-14-20-17(13-18(21-14)23-2)22-19(15-9-5-3-6-10-15)16-11-7-4-8-12-16/h3-13,19H,1-2H3,(H,20,21,22). The van der Waals surface area contributed by atoms with Gasteiger partial charge in [-0.3, -0.25) is 0 Å². The van der Waals surface area contributed by atoms with E-state index in [0.29, 0.717) is 11.7 Å². The van der Waals surface area contributed by atoms with E-state index in [0.717, 1.165) is 5.82 Å². The summed E-state index contributed by atoms with van der Waals surface area (Å²) < 4.78 is 5.24. The second kappa shape index (κ2) is 6.92. The first-order valence-corrected chi connectivity index (χ1v) is 7.52. The summed E-state index contributed by atoms with van der Waals surface area (Å²) in [6.07, 6.45) is 0. The fourth-order valence-corrected chi connectivity index (χ4v) is 2.52. The van der Waals surface area contributed by atoms with E-state index in [2.05, 4.69) is 39.6 Å². The number of rotatable bonds is 5. The topological polar surface area (TPSA) is 47.0 Å². The van der Waals surface area contributed by atoms with Crippen molar-refractivity contribution in [3.63, 3.8) is 0 Å². The molecular weight excluding hydrogens is 286 g/mol. The number of nitrogens with zero attached hydrogens (tertiary/aromatic N) is 2. The zero-order valence-electron chi connectivity index (χ0n) is 13.2. The van der Waals surface area contributed by atoms with E-state index in [-0.39, 0.29) is 6.04 Å². The van der Waals surface area contributed by atoms with Crippen LogP contribution in [-0.4, -0.2) is 17.1 Å². The lowest BCUT2D eigenvalue weighted by Gasteiger charge is -2.20. The molecule has 0 fully saturated rings. The third-order valence-electron chi connectivity index (χ3n) is 3.58. The van der Waals surface area contributed by atoms with Crippen molar-refractivity contribution in [1.82, 2.24) is 9.97 Å². The van der Waals surface area contributed by atoms with Crippen LogP contribution in [0.1, 0.15) is 23.0 Å². The predicted octanol–water partition coefficient (Wildman–Crippen LogP) is 4.00. The minimum absolute atomic E-state index is 0.0106. The molecule has 2 aromatic carbocycles. The number of methoxy groups -OCH3 is 1. The fraction of sp³-hybridized carbons (Fsp3) is 0.158. The molecule has 0 radical (unpaired) electrons. The van der Waals surface area contributed by atoms with Crippen LogP contribution in [0.4, 0.5) is 5.82 Å². The number of aryl methyl sites for hydroxylation is 1. The Balaban J connectivity index is 1.98. The number of hydrogen-bond donors (Lipinski definition) is 1. The molecule has 0 aliphatic carbocycles. The summed E-state index contributed by atoms with van der Waals surface area (Å²) in [6, 6.07) is 22.4. The molecule has 0 unspecified atom stereocenters. The number of benzene rings is 2. The van der Waals surface area contributed by atoms with Gasteiger partial charge in [-0.05, 0) is 18.1 Å². The van der Waals surface area contributed by atoms with Gasteiger partial charge in [0.25, 0.3) is 0 Å². The highest BCUT2D eigenvalue weighted by atomic mass is 16.5. The maximum Gasteiger partial charge on any atom is 0.218 e. The summed E-state index contributed by atoms with van der Waals surface area (Å²) in [6.45, 7) is 1.85. The third-order valence-corrected chi connectivity index (χ3v) is 3.58. The van der Waals surface area contributed by atoms with Gasteiger partial charge in [0.05, 0.1) is 13.2 Å². The zero-order valence-corrected chi connectivity index (χ0v) is 13.2. The van der Waals surface area contributed by atoms with E-state index in [9.17, 15) is 0 Å². The van der Waals surface area contributed by atoms with Crippen molar-refractivity contribution in [1.29, 1.82) is 0 Å². The highest BCUT2D eigenvalue weighted by Crippen LogP contribution is 2.26. The van der Waals surface area contributed by atoms with Crippen LogP contribution in [0.3, 0.4) is 0 Å². The largest absolute Gasteiger partial charge is 0.481 e. The Morgan fingerprint density at radius 2 is 1.43 bits per heavy atom. The maximum atomic E-state index is 5.24. The summed E-state index contributed by atoms with van der Waals surface area (Å²) in [5, 5.41) is 3.50. The smallest absolute Gasteiger partial charge is 0.218 e. The van der Waals surface area contributed by atoms with Gasteiger partial charge in [-0.1, -0.05) is 60.7 Å². The molecular formula is C19H19N3O. The van der Waals surface area contributed by atoms with Crippen molar-refractivity contribution in [2.45, 2.75) is 13.0 Å². The van der Waals surface area contributed by atoms with E-state index in [4.69, 9.17) is 4.74 Å². The highest BCUT2D eigenvalue weighted by molar-refractivity contribution is 5.46. The van der Waals surface area contributed by atoms with Crippen molar-refractivity contribution in [2.75, 3.05) is 12.4 Å². The molecule has 3 aromatic rings. The molecule has 0 aliphatic heterocycles. The molecule has 0 amide bonds. The molecule has 0 saturated carbocycles. The Hall–Kier alpha value is -2.88. The second-order valence-electron chi connectivity index (χ2n) is 5.24. The van der Waals surface area contributed by atoms with E-state index in [1.54, 1.807) is 7.11 Å². The van der Waals surface area contributed by atoms with Crippen molar-refractivity contribution in [3.8, 4) is 5.88 Å². The Bertz CT molecular complexity index is 721. The summed E-state index contributed by atoms with van der Waals surface area (Å²) in [5.41, 5.74) is 2.35. The second-order valence-corrected chi connectivity index (χ2v) is 5.24. The van der Waals surface area contributed by atoms with Crippen LogP contribution in [0.25, 0.3) is 0 Å². The number of aromatic nitrogens is 2. The lowest BCUT2D eigenvalue weighted by Crippen LogP contribution is -2.14. The average molecular weight is 305 g/mol. The molecule has 1 aromatic heterocycles.